The van der Waals surface area contributed by atoms with Crippen LogP contribution in [0.25, 0.3) is 0 Å². The van der Waals surface area contributed by atoms with Crippen LogP contribution in [0.2, 0.25) is 18.1 Å². The van der Waals surface area contributed by atoms with Gasteiger partial charge in [0.1, 0.15) is 6.10 Å². The van der Waals surface area contributed by atoms with Gasteiger partial charge < -0.3 is 9.16 Å². The molecule has 0 aromatic heterocycles. The highest BCUT2D eigenvalue weighted by atomic mass is 28.4. The van der Waals surface area contributed by atoms with Gasteiger partial charge in [-0.3, -0.25) is 0 Å². The van der Waals surface area contributed by atoms with Crippen LogP contribution in [0.4, 0.5) is 0 Å². The van der Waals surface area contributed by atoms with Gasteiger partial charge in [0, 0.05) is 0 Å². The first-order valence-electron chi connectivity index (χ1n) is 7.07. The normalized spacial score (nSPS) is 22.6. The molecule has 2 atom stereocenters. The van der Waals surface area contributed by atoms with Crippen molar-refractivity contribution in [2.45, 2.75) is 83.7 Å². The Morgan fingerprint density at radius 1 is 1.29 bits per heavy atom. The van der Waals surface area contributed by atoms with Crippen molar-refractivity contribution in [3.63, 3.8) is 0 Å². The van der Waals surface area contributed by atoms with Crippen LogP contribution in [-0.4, -0.2) is 27.1 Å². The van der Waals surface area contributed by atoms with Crippen molar-refractivity contribution in [2.75, 3.05) is 6.61 Å². The second-order valence-electron chi connectivity index (χ2n) is 6.78. The van der Waals surface area contributed by atoms with Crippen molar-refractivity contribution >= 4 is 8.32 Å². The van der Waals surface area contributed by atoms with E-state index in [1.807, 2.05) is 0 Å². The zero-order valence-electron chi connectivity index (χ0n) is 12.5. The monoisotopic (exact) mass is 258 g/mol. The molecule has 0 N–H and O–H groups in total. The molecule has 102 valence electrons. The van der Waals surface area contributed by atoms with Crippen molar-refractivity contribution in [2.24, 2.45) is 0 Å². The van der Waals surface area contributed by atoms with Crippen molar-refractivity contribution in [1.82, 2.24) is 0 Å². The molecule has 0 aliphatic carbocycles. The molecule has 1 saturated heterocycles. The Kier molecular flexibility index (Phi) is 5.23. The predicted molar refractivity (Wildman–Crippen MR) is 76.0 cm³/mol. The molecule has 0 unspecified atom stereocenters. The van der Waals surface area contributed by atoms with Gasteiger partial charge in [0.25, 0.3) is 0 Å². The quantitative estimate of drug-likeness (QED) is 0.384. The number of epoxide rings is 1. The summed E-state index contributed by atoms with van der Waals surface area (Å²) in [5, 5.41) is 0.297. The molecule has 1 heterocycles. The summed E-state index contributed by atoms with van der Waals surface area (Å²) in [5.74, 6) is 0. The zero-order valence-corrected chi connectivity index (χ0v) is 13.5. The number of unbranched alkanes of at least 4 members (excludes halogenated alkanes) is 2. The number of ether oxygens (including phenoxy) is 1. The SMILES string of the molecule is CCCCC[C@H](O[Si](C)(C)C(C)(C)C)[C@H]1CO1. The molecule has 17 heavy (non-hydrogen) atoms. The summed E-state index contributed by atoms with van der Waals surface area (Å²) in [6, 6.07) is 0. The van der Waals surface area contributed by atoms with Gasteiger partial charge in [-0.05, 0) is 24.6 Å². The maximum atomic E-state index is 6.49. The maximum Gasteiger partial charge on any atom is 0.192 e. The fraction of sp³-hybridized carbons (Fsp3) is 1.00. The fourth-order valence-electron chi connectivity index (χ4n) is 1.74. The van der Waals surface area contributed by atoms with Crippen LogP contribution in [0.1, 0.15) is 53.4 Å². The fourth-order valence-corrected chi connectivity index (χ4v) is 3.12. The second-order valence-corrected chi connectivity index (χ2v) is 11.5. The topological polar surface area (TPSA) is 21.8 Å². The molecule has 0 radical (unpaired) electrons. The van der Waals surface area contributed by atoms with E-state index in [4.69, 9.17) is 9.16 Å². The molecule has 1 aliphatic heterocycles. The van der Waals surface area contributed by atoms with E-state index < -0.39 is 8.32 Å². The van der Waals surface area contributed by atoms with E-state index >= 15 is 0 Å². The maximum absolute atomic E-state index is 6.49. The minimum Gasteiger partial charge on any atom is -0.411 e. The van der Waals surface area contributed by atoms with Crippen LogP contribution in [-0.2, 0) is 9.16 Å². The first-order valence-corrected chi connectivity index (χ1v) is 9.98. The van der Waals surface area contributed by atoms with Crippen LogP contribution < -0.4 is 0 Å². The Morgan fingerprint density at radius 2 is 1.88 bits per heavy atom. The Morgan fingerprint density at radius 3 is 2.29 bits per heavy atom. The molecule has 0 saturated carbocycles. The third-order valence-electron chi connectivity index (χ3n) is 4.12. The van der Waals surface area contributed by atoms with E-state index in [2.05, 4.69) is 40.8 Å². The van der Waals surface area contributed by atoms with E-state index in [1.54, 1.807) is 0 Å². The van der Waals surface area contributed by atoms with Gasteiger partial charge in [-0.2, -0.15) is 0 Å². The molecular formula is C14H30O2Si. The van der Waals surface area contributed by atoms with E-state index in [1.165, 1.54) is 25.7 Å². The van der Waals surface area contributed by atoms with Crippen molar-refractivity contribution in [3.8, 4) is 0 Å². The standard InChI is InChI=1S/C14H30O2Si/c1-7-8-9-10-12(13-11-15-13)16-17(5,6)14(2,3)4/h12-13H,7-11H2,1-6H3/t12-,13+/m0/s1. The van der Waals surface area contributed by atoms with E-state index in [9.17, 15) is 0 Å². The van der Waals surface area contributed by atoms with Gasteiger partial charge in [-0.25, -0.2) is 0 Å². The van der Waals surface area contributed by atoms with Crippen LogP contribution in [0.15, 0.2) is 0 Å². The zero-order chi connectivity index (χ0) is 13.1. The number of rotatable bonds is 7. The van der Waals surface area contributed by atoms with Crippen LogP contribution >= 0.6 is 0 Å². The Hall–Kier alpha value is 0.137. The van der Waals surface area contributed by atoms with E-state index in [0.717, 1.165) is 6.61 Å². The number of hydrogen-bond acceptors (Lipinski definition) is 2. The summed E-state index contributed by atoms with van der Waals surface area (Å²) < 4.78 is 11.9. The highest BCUT2D eigenvalue weighted by Crippen LogP contribution is 2.39. The molecular weight excluding hydrogens is 228 g/mol. The number of hydrogen-bond donors (Lipinski definition) is 0. The Labute approximate surface area is 108 Å². The van der Waals surface area contributed by atoms with Crippen LogP contribution in [0.3, 0.4) is 0 Å². The highest BCUT2D eigenvalue weighted by Gasteiger charge is 2.43. The summed E-state index contributed by atoms with van der Waals surface area (Å²) in [5.41, 5.74) is 0. The van der Waals surface area contributed by atoms with Crippen LogP contribution in [0.5, 0.6) is 0 Å². The molecule has 0 amide bonds. The third-order valence-corrected chi connectivity index (χ3v) is 8.62. The lowest BCUT2D eigenvalue weighted by atomic mass is 10.1. The molecule has 0 spiro atoms. The lowest BCUT2D eigenvalue weighted by Gasteiger charge is -2.39. The van der Waals surface area contributed by atoms with Gasteiger partial charge in [0.15, 0.2) is 8.32 Å². The van der Waals surface area contributed by atoms with Gasteiger partial charge in [-0.1, -0.05) is 47.0 Å². The summed E-state index contributed by atoms with van der Waals surface area (Å²) in [7, 11) is -1.63. The lowest BCUT2D eigenvalue weighted by Crippen LogP contribution is -2.45. The smallest absolute Gasteiger partial charge is 0.192 e. The molecule has 0 aromatic rings. The Balaban J connectivity index is 2.48. The molecule has 0 aromatic carbocycles. The summed E-state index contributed by atoms with van der Waals surface area (Å²) in [4.78, 5) is 0. The average Bonchev–Trinajstić information content (AvgIpc) is 2.97. The van der Waals surface area contributed by atoms with Gasteiger partial charge in [-0.15, -0.1) is 0 Å². The van der Waals surface area contributed by atoms with Crippen molar-refractivity contribution in [1.29, 1.82) is 0 Å². The largest absolute Gasteiger partial charge is 0.411 e. The molecule has 2 nitrogen and oxygen atoms in total. The van der Waals surface area contributed by atoms with Gasteiger partial charge >= 0.3 is 0 Å². The molecule has 1 fully saturated rings. The predicted octanol–water partition coefficient (Wildman–Crippen LogP) is 4.36. The Bertz CT molecular complexity index is 229. The summed E-state index contributed by atoms with van der Waals surface area (Å²) in [6.07, 6.45) is 5.77. The van der Waals surface area contributed by atoms with E-state index in [-0.39, 0.29) is 0 Å². The molecule has 1 rings (SSSR count). The second kappa shape index (κ2) is 5.85. The molecule has 1 aliphatic rings. The molecule has 3 heteroatoms. The van der Waals surface area contributed by atoms with Crippen molar-refractivity contribution in [3.05, 3.63) is 0 Å². The van der Waals surface area contributed by atoms with Gasteiger partial charge in [0.05, 0.1) is 12.7 Å². The average molecular weight is 258 g/mol. The first kappa shape index (κ1) is 15.2. The minimum atomic E-state index is -1.63. The van der Waals surface area contributed by atoms with Crippen molar-refractivity contribution < 1.29 is 9.16 Å². The third kappa shape index (κ3) is 4.72. The van der Waals surface area contributed by atoms with E-state index in [0.29, 0.717) is 17.2 Å². The van der Waals surface area contributed by atoms with Crippen LogP contribution in [0, 0.1) is 0 Å². The lowest BCUT2D eigenvalue weighted by molar-refractivity contribution is 0.131. The first-order chi connectivity index (χ1) is 7.78. The minimum absolute atomic E-state index is 0.297. The highest BCUT2D eigenvalue weighted by molar-refractivity contribution is 6.74. The summed E-state index contributed by atoms with van der Waals surface area (Å²) in [6.45, 7) is 14.7. The molecule has 0 bridgehead atoms. The van der Waals surface area contributed by atoms with Gasteiger partial charge in [0.2, 0.25) is 0 Å². The summed E-state index contributed by atoms with van der Waals surface area (Å²) >= 11 is 0.